The van der Waals surface area contributed by atoms with Crippen LogP contribution >= 0.6 is 0 Å². The molecule has 0 aliphatic carbocycles. The quantitative estimate of drug-likeness (QED) is 0.705. The second-order valence-corrected chi connectivity index (χ2v) is 4.84. The molecule has 1 aromatic carbocycles. The van der Waals surface area contributed by atoms with E-state index in [1.165, 1.54) is 18.3 Å². The second-order valence-electron chi connectivity index (χ2n) is 4.84. The SMILES string of the molecule is CCCCCCOc1ccc(-c2nccnc2F)c(F)c1F. The van der Waals surface area contributed by atoms with Gasteiger partial charge in [0.2, 0.25) is 11.8 Å². The monoisotopic (exact) mass is 310 g/mol. The molecule has 0 atom stereocenters. The Morgan fingerprint density at radius 3 is 2.45 bits per heavy atom. The van der Waals surface area contributed by atoms with Crippen LogP contribution < -0.4 is 4.74 Å². The van der Waals surface area contributed by atoms with Crippen molar-refractivity contribution in [3.8, 4) is 17.0 Å². The van der Waals surface area contributed by atoms with Crippen molar-refractivity contribution in [2.45, 2.75) is 32.6 Å². The molecule has 0 unspecified atom stereocenters. The molecule has 0 saturated heterocycles. The summed E-state index contributed by atoms with van der Waals surface area (Å²) in [6, 6.07) is 2.52. The fraction of sp³-hybridized carbons (Fsp3) is 0.375. The third-order valence-electron chi connectivity index (χ3n) is 3.21. The van der Waals surface area contributed by atoms with E-state index < -0.39 is 17.6 Å². The van der Waals surface area contributed by atoms with Gasteiger partial charge in [-0.15, -0.1) is 0 Å². The Labute approximate surface area is 127 Å². The molecule has 0 saturated carbocycles. The highest BCUT2D eigenvalue weighted by molar-refractivity contribution is 5.61. The van der Waals surface area contributed by atoms with Crippen LogP contribution in [-0.2, 0) is 0 Å². The molecule has 22 heavy (non-hydrogen) atoms. The highest BCUT2D eigenvalue weighted by Crippen LogP contribution is 2.29. The first kappa shape index (κ1) is 16.3. The predicted molar refractivity (Wildman–Crippen MR) is 77.0 cm³/mol. The maximum atomic E-state index is 14.1. The number of hydrogen-bond acceptors (Lipinski definition) is 3. The van der Waals surface area contributed by atoms with Gasteiger partial charge in [0, 0.05) is 18.0 Å². The summed E-state index contributed by atoms with van der Waals surface area (Å²) in [7, 11) is 0. The van der Waals surface area contributed by atoms with Gasteiger partial charge in [0.05, 0.1) is 6.61 Å². The first-order chi connectivity index (χ1) is 10.6. The van der Waals surface area contributed by atoms with Gasteiger partial charge in [0.25, 0.3) is 0 Å². The highest BCUT2D eigenvalue weighted by Gasteiger charge is 2.19. The molecule has 0 fully saturated rings. The first-order valence-electron chi connectivity index (χ1n) is 7.22. The lowest BCUT2D eigenvalue weighted by Gasteiger charge is -2.10. The summed E-state index contributed by atoms with van der Waals surface area (Å²) in [6.45, 7) is 2.40. The largest absolute Gasteiger partial charge is 0.490 e. The highest BCUT2D eigenvalue weighted by atomic mass is 19.2. The molecule has 0 radical (unpaired) electrons. The van der Waals surface area contributed by atoms with Crippen molar-refractivity contribution in [3.05, 3.63) is 42.1 Å². The van der Waals surface area contributed by atoms with Crippen LogP contribution in [0.3, 0.4) is 0 Å². The summed E-state index contributed by atoms with van der Waals surface area (Å²) in [5, 5.41) is 0. The third kappa shape index (κ3) is 3.75. The Balaban J connectivity index is 2.14. The molecular formula is C16H17F3N2O. The zero-order valence-corrected chi connectivity index (χ0v) is 12.3. The Morgan fingerprint density at radius 1 is 0.955 bits per heavy atom. The van der Waals surface area contributed by atoms with E-state index in [4.69, 9.17) is 4.74 Å². The topological polar surface area (TPSA) is 35.0 Å². The van der Waals surface area contributed by atoms with Crippen molar-refractivity contribution in [1.82, 2.24) is 9.97 Å². The zero-order chi connectivity index (χ0) is 15.9. The van der Waals surface area contributed by atoms with E-state index in [2.05, 4.69) is 16.9 Å². The van der Waals surface area contributed by atoms with Gasteiger partial charge >= 0.3 is 0 Å². The van der Waals surface area contributed by atoms with Gasteiger partial charge in [-0.05, 0) is 18.6 Å². The van der Waals surface area contributed by atoms with E-state index in [0.717, 1.165) is 31.9 Å². The molecule has 6 heteroatoms. The third-order valence-corrected chi connectivity index (χ3v) is 3.21. The molecule has 1 aromatic heterocycles. The van der Waals surface area contributed by atoms with Gasteiger partial charge in [-0.1, -0.05) is 26.2 Å². The van der Waals surface area contributed by atoms with Gasteiger partial charge in [0.15, 0.2) is 11.6 Å². The van der Waals surface area contributed by atoms with Gasteiger partial charge in [-0.25, -0.2) is 14.4 Å². The molecular weight excluding hydrogens is 293 g/mol. The number of unbranched alkanes of at least 4 members (excludes halogenated alkanes) is 3. The van der Waals surface area contributed by atoms with Crippen molar-refractivity contribution in [2.24, 2.45) is 0 Å². The Bertz CT molecular complexity index is 635. The Hall–Kier alpha value is -2.11. The summed E-state index contributed by atoms with van der Waals surface area (Å²) >= 11 is 0. The van der Waals surface area contributed by atoms with Gasteiger partial charge in [-0.3, -0.25) is 0 Å². The standard InChI is InChI=1S/C16H17F3N2O/c1-2-3-4-5-10-22-12-7-6-11(13(17)14(12)18)15-16(19)21-9-8-20-15/h6-9H,2-5,10H2,1H3. The lowest BCUT2D eigenvalue weighted by atomic mass is 10.1. The van der Waals surface area contributed by atoms with Crippen LogP contribution in [0.5, 0.6) is 5.75 Å². The fourth-order valence-electron chi connectivity index (χ4n) is 2.04. The molecule has 0 amide bonds. The number of hydrogen-bond donors (Lipinski definition) is 0. The van der Waals surface area contributed by atoms with Crippen LogP contribution in [0, 0.1) is 17.6 Å². The van der Waals surface area contributed by atoms with E-state index in [-0.39, 0.29) is 17.0 Å². The molecule has 0 bridgehead atoms. The van der Waals surface area contributed by atoms with Crippen LogP contribution in [0.15, 0.2) is 24.5 Å². The summed E-state index contributed by atoms with van der Waals surface area (Å²) in [5.41, 5.74) is -0.602. The molecule has 2 aromatic rings. The van der Waals surface area contributed by atoms with Crippen molar-refractivity contribution < 1.29 is 17.9 Å². The molecule has 2 rings (SSSR count). The predicted octanol–water partition coefficient (Wildman–Crippen LogP) is 4.52. The molecule has 1 heterocycles. The second kappa shape index (κ2) is 7.77. The van der Waals surface area contributed by atoms with Gasteiger partial charge < -0.3 is 4.74 Å². The maximum Gasteiger partial charge on any atom is 0.239 e. The van der Waals surface area contributed by atoms with Gasteiger partial charge in [-0.2, -0.15) is 8.78 Å². The average Bonchev–Trinajstić information content (AvgIpc) is 2.52. The molecule has 0 spiro atoms. The fourth-order valence-corrected chi connectivity index (χ4v) is 2.04. The van der Waals surface area contributed by atoms with Gasteiger partial charge in [0.1, 0.15) is 5.69 Å². The van der Waals surface area contributed by atoms with Crippen molar-refractivity contribution >= 4 is 0 Å². The molecule has 0 N–H and O–H groups in total. The lowest BCUT2D eigenvalue weighted by molar-refractivity contribution is 0.285. The number of nitrogens with zero attached hydrogens (tertiary/aromatic N) is 2. The minimum absolute atomic E-state index is 0.179. The molecule has 118 valence electrons. The van der Waals surface area contributed by atoms with E-state index in [1.807, 2.05) is 0 Å². The number of rotatable bonds is 7. The van der Waals surface area contributed by atoms with Crippen LogP contribution in [-0.4, -0.2) is 16.6 Å². The minimum Gasteiger partial charge on any atom is -0.490 e. The minimum atomic E-state index is -1.19. The zero-order valence-electron chi connectivity index (χ0n) is 12.3. The summed E-state index contributed by atoms with van der Waals surface area (Å²) in [5.74, 6) is -3.46. The van der Waals surface area contributed by atoms with Crippen molar-refractivity contribution in [3.63, 3.8) is 0 Å². The van der Waals surface area contributed by atoms with Crippen molar-refractivity contribution in [2.75, 3.05) is 6.61 Å². The normalized spacial score (nSPS) is 10.7. The first-order valence-corrected chi connectivity index (χ1v) is 7.22. The number of halogens is 3. The average molecular weight is 310 g/mol. The number of benzene rings is 1. The number of ether oxygens (including phenoxy) is 1. The van der Waals surface area contributed by atoms with E-state index in [1.54, 1.807) is 0 Å². The lowest BCUT2D eigenvalue weighted by Crippen LogP contribution is -2.03. The summed E-state index contributed by atoms with van der Waals surface area (Å²) < 4.78 is 46.8. The summed E-state index contributed by atoms with van der Waals surface area (Å²) in [4.78, 5) is 7.07. The van der Waals surface area contributed by atoms with Crippen LogP contribution in [0.2, 0.25) is 0 Å². The van der Waals surface area contributed by atoms with Crippen LogP contribution in [0.4, 0.5) is 13.2 Å². The number of aromatic nitrogens is 2. The van der Waals surface area contributed by atoms with Crippen LogP contribution in [0.25, 0.3) is 11.3 Å². The Kier molecular flexibility index (Phi) is 5.75. The van der Waals surface area contributed by atoms with Crippen molar-refractivity contribution in [1.29, 1.82) is 0 Å². The van der Waals surface area contributed by atoms with E-state index in [9.17, 15) is 13.2 Å². The maximum absolute atomic E-state index is 14.1. The van der Waals surface area contributed by atoms with E-state index >= 15 is 0 Å². The Morgan fingerprint density at radius 2 is 1.73 bits per heavy atom. The summed E-state index contributed by atoms with van der Waals surface area (Å²) in [6.07, 6.45) is 6.26. The smallest absolute Gasteiger partial charge is 0.239 e. The van der Waals surface area contributed by atoms with Crippen LogP contribution in [0.1, 0.15) is 32.6 Å². The molecule has 0 aliphatic rings. The molecule has 3 nitrogen and oxygen atoms in total. The van der Waals surface area contributed by atoms with E-state index in [0.29, 0.717) is 6.61 Å². The molecule has 0 aliphatic heterocycles.